The van der Waals surface area contributed by atoms with Gasteiger partial charge in [0.05, 0.1) is 29.5 Å². The van der Waals surface area contributed by atoms with Gasteiger partial charge < -0.3 is 10.1 Å². The smallest absolute Gasteiger partial charge is 0.261 e. The van der Waals surface area contributed by atoms with Crippen LogP contribution in [0.5, 0.6) is 0 Å². The number of hydrogen-bond acceptors (Lipinski definition) is 5. The summed E-state index contributed by atoms with van der Waals surface area (Å²) in [6.45, 7) is 0.908. The van der Waals surface area contributed by atoms with E-state index in [1.807, 2.05) is 6.07 Å². The van der Waals surface area contributed by atoms with Gasteiger partial charge in [0.15, 0.2) is 0 Å². The van der Waals surface area contributed by atoms with Gasteiger partial charge in [-0.15, -0.1) is 12.6 Å². The molecule has 2 aromatic carbocycles. The molecule has 138 valence electrons. The number of rotatable bonds is 4. The Balaban J connectivity index is 1.55. The molecule has 0 saturated carbocycles. The highest BCUT2D eigenvalue weighted by Gasteiger charge is 2.37. The molecule has 3 amide bonds. The molecule has 1 unspecified atom stereocenters. The first-order valence-corrected chi connectivity index (χ1v) is 9.20. The summed E-state index contributed by atoms with van der Waals surface area (Å²) in [6.07, 6.45) is 1.66. The lowest BCUT2D eigenvalue weighted by Gasteiger charge is -2.17. The first-order chi connectivity index (χ1) is 13.0. The molecule has 0 aliphatic carbocycles. The highest BCUT2D eigenvalue weighted by atomic mass is 32.1. The number of benzene rings is 2. The number of amides is 3. The quantitative estimate of drug-likeness (QED) is 0.630. The number of hydrogen-bond donors (Lipinski definition) is 2. The average molecular weight is 382 g/mol. The predicted molar refractivity (Wildman–Crippen MR) is 102 cm³/mol. The molecular formula is C20H18N2O4S. The van der Waals surface area contributed by atoms with Crippen molar-refractivity contribution < 1.29 is 19.1 Å². The molecule has 7 heteroatoms. The van der Waals surface area contributed by atoms with Gasteiger partial charge in [0.1, 0.15) is 0 Å². The van der Waals surface area contributed by atoms with Gasteiger partial charge in [-0.3, -0.25) is 19.3 Å². The normalized spacial score (nSPS) is 18.7. The highest BCUT2D eigenvalue weighted by Crippen LogP contribution is 2.27. The zero-order chi connectivity index (χ0) is 19.0. The van der Waals surface area contributed by atoms with Gasteiger partial charge in [-0.25, -0.2) is 0 Å². The maximum Gasteiger partial charge on any atom is 0.261 e. The Hall–Kier alpha value is -2.64. The fraction of sp³-hybridized carbons (Fsp3) is 0.250. The van der Waals surface area contributed by atoms with Gasteiger partial charge in [-0.1, -0.05) is 12.1 Å². The number of fused-ring (bicyclic) bond motifs is 1. The van der Waals surface area contributed by atoms with Gasteiger partial charge in [0.25, 0.3) is 17.7 Å². The Morgan fingerprint density at radius 3 is 2.67 bits per heavy atom. The van der Waals surface area contributed by atoms with Gasteiger partial charge in [-0.2, -0.15) is 0 Å². The molecule has 2 aliphatic rings. The molecule has 2 aromatic rings. The summed E-state index contributed by atoms with van der Waals surface area (Å²) in [5.74, 6) is -1.08. The number of nitrogens with zero attached hydrogens (tertiary/aromatic N) is 1. The summed E-state index contributed by atoms with van der Waals surface area (Å²) in [6, 6.07) is 11.7. The molecule has 6 nitrogen and oxygen atoms in total. The highest BCUT2D eigenvalue weighted by molar-refractivity contribution is 7.80. The molecule has 0 aromatic heterocycles. The summed E-state index contributed by atoms with van der Waals surface area (Å²) < 4.78 is 5.53. The van der Waals surface area contributed by atoms with E-state index in [1.54, 1.807) is 24.3 Å². The largest absolute Gasteiger partial charge is 0.376 e. The molecule has 1 fully saturated rings. The molecule has 0 bridgehead atoms. The topological polar surface area (TPSA) is 75.7 Å². The SMILES string of the molecule is O=C(Nc1ccccc1S)c1ccc2c(c1)C(=O)N(CC1CCCO1)C2=O. The number of carbonyl (C=O) groups excluding carboxylic acids is 3. The molecule has 1 atom stereocenters. The molecule has 2 aliphatic heterocycles. The standard InChI is InChI=1S/C20H18N2O4S/c23-18(21-16-5-1-2-6-17(16)27)12-7-8-14-15(10-12)20(25)22(19(14)24)11-13-4-3-9-26-13/h1-2,5-8,10,13,27H,3-4,9,11H2,(H,21,23). The predicted octanol–water partition coefficient (Wildman–Crippen LogP) is 3.00. The number of imide groups is 1. The van der Waals surface area contributed by atoms with Crippen LogP contribution in [0.4, 0.5) is 5.69 Å². The van der Waals surface area contributed by atoms with Crippen LogP contribution in [-0.2, 0) is 4.74 Å². The monoisotopic (exact) mass is 382 g/mol. The maximum absolute atomic E-state index is 12.7. The number of carbonyl (C=O) groups is 3. The molecule has 1 N–H and O–H groups in total. The Bertz CT molecular complexity index is 937. The van der Waals surface area contributed by atoms with E-state index in [1.165, 1.54) is 17.0 Å². The number of thiol groups is 1. The Morgan fingerprint density at radius 2 is 1.93 bits per heavy atom. The third-order valence-corrected chi connectivity index (χ3v) is 5.19. The van der Waals surface area contributed by atoms with Crippen LogP contribution in [0.3, 0.4) is 0 Å². The van der Waals surface area contributed by atoms with Gasteiger partial charge in [0.2, 0.25) is 0 Å². The third-order valence-electron chi connectivity index (χ3n) is 4.80. The second-order valence-electron chi connectivity index (χ2n) is 6.59. The van der Waals surface area contributed by atoms with Crippen molar-refractivity contribution in [1.82, 2.24) is 4.90 Å². The number of ether oxygens (including phenoxy) is 1. The first-order valence-electron chi connectivity index (χ1n) is 8.76. The number of nitrogens with one attached hydrogen (secondary N) is 1. The van der Waals surface area contributed by atoms with Crippen LogP contribution >= 0.6 is 12.6 Å². The minimum atomic E-state index is -0.380. The number of para-hydroxylation sites is 1. The number of anilines is 1. The van der Waals surface area contributed by atoms with Crippen LogP contribution in [-0.4, -0.2) is 41.9 Å². The van der Waals surface area contributed by atoms with Gasteiger partial charge >= 0.3 is 0 Å². The van der Waals surface area contributed by atoms with Crippen molar-refractivity contribution >= 4 is 36.0 Å². The van der Waals surface area contributed by atoms with E-state index in [0.717, 1.165) is 12.8 Å². The van der Waals surface area contributed by atoms with E-state index in [0.29, 0.717) is 28.3 Å². The Morgan fingerprint density at radius 1 is 1.15 bits per heavy atom. The molecule has 0 spiro atoms. The zero-order valence-electron chi connectivity index (χ0n) is 14.5. The van der Waals surface area contributed by atoms with Crippen LogP contribution in [0, 0.1) is 0 Å². The van der Waals surface area contributed by atoms with Crippen molar-refractivity contribution in [2.45, 2.75) is 23.8 Å². The summed E-state index contributed by atoms with van der Waals surface area (Å²) in [5.41, 5.74) is 1.47. The van der Waals surface area contributed by atoms with Crippen LogP contribution in [0.25, 0.3) is 0 Å². The van der Waals surface area contributed by atoms with Crippen LogP contribution in [0.15, 0.2) is 47.4 Å². The minimum Gasteiger partial charge on any atom is -0.376 e. The third kappa shape index (κ3) is 3.36. The molecule has 2 heterocycles. The van der Waals surface area contributed by atoms with Crippen molar-refractivity contribution in [1.29, 1.82) is 0 Å². The molecule has 1 saturated heterocycles. The van der Waals surface area contributed by atoms with E-state index >= 15 is 0 Å². The lowest BCUT2D eigenvalue weighted by molar-refractivity contribution is 0.0475. The van der Waals surface area contributed by atoms with Crippen molar-refractivity contribution in [2.24, 2.45) is 0 Å². The van der Waals surface area contributed by atoms with Crippen molar-refractivity contribution in [2.75, 3.05) is 18.5 Å². The van der Waals surface area contributed by atoms with Gasteiger partial charge in [-0.05, 0) is 43.2 Å². The molecule has 27 heavy (non-hydrogen) atoms. The van der Waals surface area contributed by atoms with E-state index in [9.17, 15) is 14.4 Å². The fourth-order valence-electron chi connectivity index (χ4n) is 3.36. The van der Waals surface area contributed by atoms with Crippen LogP contribution < -0.4 is 5.32 Å². The zero-order valence-corrected chi connectivity index (χ0v) is 15.4. The Kier molecular flexibility index (Phi) is 4.72. The average Bonchev–Trinajstić information content (AvgIpc) is 3.26. The van der Waals surface area contributed by atoms with E-state index in [2.05, 4.69) is 17.9 Å². The molecule has 0 radical (unpaired) electrons. The van der Waals surface area contributed by atoms with Crippen LogP contribution in [0.1, 0.15) is 43.9 Å². The summed E-state index contributed by atoms with van der Waals surface area (Å²) in [5, 5.41) is 2.77. The summed E-state index contributed by atoms with van der Waals surface area (Å²) in [4.78, 5) is 39.6. The lowest BCUT2D eigenvalue weighted by Crippen LogP contribution is -2.36. The van der Waals surface area contributed by atoms with Crippen molar-refractivity contribution in [3.05, 3.63) is 59.2 Å². The Labute approximate surface area is 161 Å². The van der Waals surface area contributed by atoms with Gasteiger partial charge in [0, 0.05) is 17.1 Å². The minimum absolute atomic E-state index is 0.109. The second-order valence-corrected chi connectivity index (χ2v) is 7.07. The molecule has 4 rings (SSSR count). The van der Waals surface area contributed by atoms with E-state index in [-0.39, 0.29) is 35.9 Å². The van der Waals surface area contributed by atoms with Crippen LogP contribution in [0.2, 0.25) is 0 Å². The maximum atomic E-state index is 12.7. The van der Waals surface area contributed by atoms with E-state index < -0.39 is 0 Å². The fourth-order valence-corrected chi connectivity index (χ4v) is 3.58. The molecular weight excluding hydrogens is 364 g/mol. The first kappa shape index (κ1) is 17.8. The van der Waals surface area contributed by atoms with Crippen molar-refractivity contribution in [3.63, 3.8) is 0 Å². The van der Waals surface area contributed by atoms with E-state index in [4.69, 9.17) is 4.74 Å². The summed E-state index contributed by atoms with van der Waals surface area (Å²) in [7, 11) is 0. The second kappa shape index (κ2) is 7.17. The summed E-state index contributed by atoms with van der Waals surface area (Å²) >= 11 is 4.31. The van der Waals surface area contributed by atoms with Crippen molar-refractivity contribution in [3.8, 4) is 0 Å². The lowest BCUT2D eigenvalue weighted by atomic mass is 10.1.